The van der Waals surface area contributed by atoms with Gasteiger partial charge in [-0.3, -0.25) is 0 Å². The molecule has 1 atom stereocenters. The summed E-state index contributed by atoms with van der Waals surface area (Å²) in [4.78, 5) is 7.07. The third-order valence-corrected chi connectivity index (χ3v) is 5.44. The highest BCUT2D eigenvalue weighted by Crippen LogP contribution is 2.18. The zero-order valence-corrected chi connectivity index (χ0v) is 20.4. The largest absolute Gasteiger partial charge is 0.380 e. The van der Waals surface area contributed by atoms with E-state index < -0.39 is 0 Å². The molecule has 1 aromatic rings. The fraction of sp³-hybridized carbons (Fsp3) is 0.682. The second-order valence-electron chi connectivity index (χ2n) is 7.68. The molecule has 2 fully saturated rings. The lowest BCUT2D eigenvalue weighted by atomic mass is 10.1. The van der Waals surface area contributed by atoms with Gasteiger partial charge in [-0.1, -0.05) is 6.07 Å². The van der Waals surface area contributed by atoms with Gasteiger partial charge in [-0.05, 0) is 50.3 Å². The topological polar surface area (TPSA) is 55.3 Å². The Morgan fingerprint density at radius 2 is 2.10 bits per heavy atom. The number of halogens is 2. The van der Waals surface area contributed by atoms with Gasteiger partial charge in [0.1, 0.15) is 5.82 Å². The van der Waals surface area contributed by atoms with Gasteiger partial charge in [0.15, 0.2) is 5.96 Å². The van der Waals surface area contributed by atoms with Crippen molar-refractivity contribution in [1.29, 1.82) is 0 Å². The second kappa shape index (κ2) is 13.4. The Labute approximate surface area is 196 Å². The Morgan fingerprint density at radius 1 is 1.30 bits per heavy atom. The van der Waals surface area contributed by atoms with E-state index in [0.29, 0.717) is 24.8 Å². The van der Waals surface area contributed by atoms with Crippen LogP contribution in [0.25, 0.3) is 0 Å². The van der Waals surface area contributed by atoms with E-state index in [9.17, 15) is 4.39 Å². The van der Waals surface area contributed by atoms with Gasteiger partial charge >= 0.3 is 0 Å². The van der Waals surface area contributed by atoms with Crippen LogP contribution in [0.15, 0.2) is 23.2 Å². The van der Waals surface area contributed by atoms with Gasteiger partial charge in [0.2, 0.25) is 0 Å². The van der Waals surface area contributed by atoms with Gasteiger partial charge in [0.05, 0.1) is 32.0 Å². The zero-order valence-electron chi connectivity index (χ0n) is 18.1. The summed E-state index contributed by atoms with van der Waals surface area (Å²) in [6, 6.07) is 5.10. The van der Waals surface area contributed by atoms with Crippen molar-refractivity contribution in [3.8, 4) is 0 Å². The molecule has 3 rings (SSSR count). The molecule has 2 heterocycles. The first kappa shape index (κ1) is 25.3. The summed E-state index contributed by atoms with van der Waals surface area (Å²) in [5.41, 5.74) is 1.54. The maximum Gasteiger partial charge on any atom is 0.194 e. The summed E-state index contributed by atoms with van der Waals surface area (Å²) in [7, 11) is 1.57. The minimum absolute atomic E-state index is 0. The van der Waals surface area contributed by atoms with E-state index in [1.54, 1.807) is 13.2 Å². The van der Waals surface area contributed by atoms with Crippen LogP contribution in [-0.4, -0.2) is 63.0 Å². The fourth-order valence-corrected chi connectivity index (χ4v) is 3.84. The standard InChI is InChI=1S/C22H34FN3O3.HI/c1-3-24-22(25-14-17-6-7-21(23)18(13-17)15-27-2)26-10-8-19(9-11-26)29-16-20-5-4-12-28-20;/h6-7,13,19-20H,3-5,8-12,14-16H2,1-2H3,(H,24,25);1H. The molecule has 2 aliphatic rings. The van der Waals surface area contributed by atoms with Gasteiger partial charge in [0, 0.05) is 38.9 Å². The number of aliphatic imine (C=N–C) groups is 1. The Kier molecular flexibility index (Phi) is 11.3. The van der Waals surface area contributed by atoms with Gasteiger partial charge in [-0.2, -0.15) is 0 Å². The summed E-state index contributed by atoms with van der Waals surface area (Å²) in [5.74, 6) is 0.666. The number of rotatable bonds is 8. The predicted octanol–water partition coefficient (Wildman–Crippen LogP) is 3.72. The highest BCUT2D eigenvalue weighted by atomic mass is 127. The van der Waals surface area contributed by atoms with E-state index in [-0.39, 0.29) is 42.5 Å². The first-order chi connectivity index (χ1) is 14.2. The molecule has 1 unspecified atom stereocenters. The Morgan fingerprint density at radius 3 is 2.77 bits per heavy atom. The number of ether oxygens (including phenoxy) is 3. The molecule has 2 saturated heterocycles. The lowest BCUT2D eigenvalue weighted by molar-refractivity contribution is -0.0367. The molecule has 0 radical (unpaired) electrons. The van der Waals surface area contributed by atoms with E-state index >= 15 is 0 Å². The smallest absolute Gasteiger partial charge is 0.194 e. The van der Waals surface area contributed by atoms with Crippen LogP contribution in [-0.2, 0) is 27.4 Å². The molecule has 1 aromatic carbocycles. The SMILES string of the molecule is CCNC(=NCc1ccc(F)c(COC)c1)N1CCC(OCC2CCCO2)CC1.I. The van der Waals surface area contributed by atoms with E-state index in [1.807, 2.05) is 6.07 Å². The van der Waals surface area contributed by atoms with Crippen molar-refractivity contribution in [3.63, 3.8) is 0 Å². The van der Waals surface area contributed by atoms with Crippen LogP contribution >= 0.6 is 24.0 Å². The van der Waals surface area contributed by atoms with E-state index in [1.165, 1.54) is 6.07 Å². The number of nitrogens with zero attached hydrogens (tertiary/aromatic N) is 2. The van der Waals surface area contributed by atoms with Crippen LogP contribution in [0.3, 0.4) is 0 Å². The first-order valence-corrected chi connectivity index (χ1v) is 10.7. The molecule has 0 saturated carbocycles. The summed E-state index contributed by atoms with van der Waals surface area (Å²) in [5, 5.41) is 3.38. The van der Waals surface area contributed by atoms with Gasteiger partial charge < -0.3 is 24.4 Å². The van der Waals surface area contributed by atoms with Crippen molar-refractivity contribution in [2.45, 2.75) is 58.0 Å². The molecule has 30 heavy (non-hydrogen) atoms. The predicted molar refractivity (Wildman–Crippen MR) is 127 cm³/mol. The molecule has 0 bridgehead atoms. The Balaban J connectivity index is 0.00000320. The zero-order chi connectivity index (χ0) is 20.5. The van der Waals surface area contributed by atoms with Crippen molar-refractivity contribution >= 4 is 29.9 Å². The van der Waals surface area contributed by atoms with Crippen LogP contribution in [0.5, 0.6) is 0 Å². The van der Waals surface area contributed by atoms with Crippen molar-refractivity contribution in [3.05, 3.63) is 35.1 Å². The molecule has 6 nitrogen and oxygen atoms in total. The molecular weight excluding hydrogens is 500 g/mol. The van der Waals surface area contributed by atoms with Gasteiger partial charge in [-0.25, -0.2) is 9.38 Å². The molecule has 8 heteroatoms. The van der Waals surface area contributed by atoms with E-state index in [0.717, 1.165) is 63.4 Å². The molecule has 0 aliphatic carbocycles. The molecule has 1 N–H and O–H groups in total. The average Bonchev–Trinajstić information content (AvgIpc) is 3.26. The highest BCUT2D eigenvalue weighted by molar-refractivity contribution is 14.0. The minimum Gasteiger partial charge on any atom is -0.380 e. The van der Waals surface area contributed by atoms with Crippen LogP contribution in [0.1, 0.15) is 43.7 Å². The average molecular weight is 535 g/mol. The normalized spacial score (nSPS) is 20.3. The van der Waals surface area contributed by atoms with Crippen molar-refractivity contribution in [2.24, 2.45) is 4.99 Å². The second-order valence-corrected chi connectivity index (χ2v) is 7.68. The van der Waals surface area contributed by atoms with Gasteiger partial charge in [-0.15, -0.1) is 24.0 Å². The van der Waals surface area contributed by atoms with Crippen LogP contribution in [0, 0.1) is 5.82 Å². The minimum atomic E-state index is -0.239. The lowest BCUT2D eigenvalue weighted by Crippen LogP contribution is -2.47. The molecule has 0 spiro atoms. The number of hydrogen-bond donors (Lipinski definition) is 1. The number of methoxy groups -OCH3 is 1. The van der Waals surface area contributed by atoms with Crippen LogP contribution in [0.4, 0.5) is 4.39 Å². The molecular formula is C22H35FIN3O3. The number of benzene rings is 1. The van der Waals surface area contributed by atoms with Gasteiger partial charge in [0.25, 0.3) is 0 Å². The first-order valence-electron chi connectivity index (χ1n) is 10.7. The Hall–Kier alpha value is -0.970. The quantitative estimate of drug-likeness (QED) is 0.313. The number of guanidine groups is 1. The summed E-state index contributed by atoms with van der Waals surface area (Å²) >= 11 is 0. The number of nitrogens with one attached hydrogen (secondary N) is 1. The van der Waals surface area contributed by atoms with Crippen molar-refractivity contribution < 1.29 is 18.6 Å². The van der Waals surface area contributed by atoms with Crippen molar-refractivity contribution in [1.82, 2.24) is 10.2 Å². The fourth-order valence-electron chi connectivity index (χ4n) is 3.84. The summed E-state index contributed by atoms with van der Waals surface area (Å²) < 4.78 is 30.6. The number of hydrogen-bond acceptors (Lipinski definition) is 4. The third kappa shape index (κ3) is 7.62. The summed E-state index contributed by atoms with van der Waals surface area (Å²) in [6.45, 7) is 7.08. The third-order valence-electron chi connectivity index (χ3n) is 5.44. The van der Waals surface area contributed by atoms with E-state index in [4.69, 9.17) is 19.2 Å². The maximum absolute atomic E-state index is 13.8. The van der Waals surface area contributed by atoms with Crippen LogP contribution in [0.2, 0.25) is 0 Å². The van der Waals surface area contributed by atoms with E-state index in [2.05, 4.69) is 17.1 Å². The molecule has 0 amide bonds. The monoisotopic (exact) mass is 535 g/mol. The lowest BCUT2D eigenvalue weighted by Gasteiger charge is -2.34. The highest BCUT2D eigenvalue weighted by Gasteiger charge is 2.24. The van der Waals surface area contributed by atoms with Crippen LogP contribution < -0.4 is 5.32 Å². The van der Waals surface area contributed by atoms with Crippen molar-refractivity contribution in [2.75, 3.05) is 40.0 Å². The maximum atomic E-state index is 13.8. The molecule has 2 aliphatic heterocycles. The molecule has 0 aromatic heterocycles. The molecule has 170 valence electrons. The number of piperidine rings is 1. The summed E-state index contributed by atoms with van der Waals surface area (Å²) in [6.07, 6.45) is 4.83. The Bertz CT molecular complexity index is 663. The number of likely N-dealkylation sites (tertiary alicyclic amines) is 1.